The van der Waals surface area contributed by atoms with Crippen LogP contribution in [0.2, 0.25) is 0 Å². The zero-order valence-corrected chi connectivity index (χ0v) is 8.86. The summed E-state index contributed by atoms with van der Waals surface area (Å²) in [7, 11) is 0. The summed E-state index contributed by atoms with van der Waals surface area (Å²) >= 11 is 1.18. The first kappa shape index (κ1) is 11.0. The molecule has 0 aliphatic rings. The van der Waals surface area contributed by atoms with E-state index in [1.807, 2.05) is 13.8 Å². The highest BCUT2D eigenvalue weighted by Crippen LogP contribution is 2.24. The summed E-state index contributed by atoms with van der Waals surface area (Å²) in [5, 5.41) is 8.95. The molecule has 1 N–H and O–H groups in total. The van der Waals surface area contributed by atoms with E-state index in [2.05, 4.69) is 9.97 Å². The van der Waals surface area contributed by atoms with Crippen molar-refractivity contribution in [3.63, 3.8) is 0 Å². The van der Waals surface area contributed by atoms with E-state index >= 15 is 0 Å². The number of thioether (sulfide) groups is 1. The lowest BCUT2D eigenvalue weighted by Gasteiger charge is -2.13. The molecule has 14 heavy (non-hydrogen) atoms. The van der Waals surface area contributed by atoms with E-state index in [4.69, 9.17) is 5.11 Å². The average Bonchev–Trinajstić information content (AvgIpc) is 2.15. The Kier molecular flexibility index (Phi) is 3.88. The molecule has 0 aliphatic heterocycles. The number of hydrogen-bond donors (Lipinski definition) is 1. The quantitative estimate of drug-likeness (QED) is 0.607. The molecule has 0 unspecified atom stereocenters. The fourth-order valence-corrected chi connectivity index (χ4v) is 1.78. The number of carboxylic acids is 1. The summed E-state index contributed by atoms with van der Waals surface area (Å²) in [4.78, 5) is 18.8. The first-order chi connectivity index (χ1) is 6.61. The Balaban J connectivity index is 2.70. The largest absolute Gasteiger partial charge is 0.480 e. The molecule has 1 atom stereocenters. The van der Waals surface area contributed by atoms with Crippen LogP contribution in [0.3, 0.4) is 0 Å². The molecule has 0 aliphatic carbocycles. The van der Waals surface area contributed by atoms with E-state index < -0.39 is 11.2 Å². The lowest BCUT2D eigenvalue weighted by Crippen LogP contribution is -2.22. The van der Waals surface area contributed by atoms with Gasteiger partial charge in [0.05, 0.1) is 0 Å². The van der Waals surface area contributed by atoms with Gasteiger partial charge >= 0.3 is 5.97 Å². The van der Waals surface area contributed by atoms with Gasteiger partial charge in [-0.2, -0.15) is 0 Å². The molecule has 0 saturated carbocycles. The molecule has 0 amide bonds. The van der Waals surface area contributed by atoms with Crippen LogP contribution in [0.5, 0.6) is 0 Å². The fourth-order valence-electron chi connectivity index (χ4n) is 0.931. The van der Waals surface area contributed by atoms with Crippen molar-refractivity contribution in [1.82, 2.24) is 9.97 Å². The molecule has 0 fully saturated rings. The highest BCUT2D eigenvalue weighted by molar-refractivity contribution is 8.00. The van der Waals surface area contributed by atoms with Crippen LogP contribution in [0.4, 0.5) is 0 Å². The van der Waals surface area contributed by atoms with Crippen molar-refractivity contribution in [3.05, 3.63) is 18.5 Å². The lowest BCUT2D eigenvalue weighted by molar-refractivity contribution is -0.137. The fraction of sp³-hybridized carbons (Fsp3) is 0.444. The van der Waals surface area contributed by atoms with Crippen molar-refractivity contribution in [2.75, 3.05) is 0 Å². The molecule has 0 saturated heterocycles. The molecule has 0 radical (unpaired) electrons. The van der Waals surface area contributed by atoms with E-state index in [0.29, 0.717) is 5.16 Å². The predicted octanol–water partition coefficient (Wildman–Crippen LogP) is 1.68. The molecule has 1 aromatic heterocycles. The first-order valence-corrected chi connectivity index (χ1v) is 5.15. The zero-order chi connectivity index (χ0) is 10.6. The van der Waals surface area contributed by atoms with Crippen LogP contribution < -0.4 is 0 Å². The van der Waals surface area contributed by atoms with Crippen molar-refractivity contribution in [2.45, 2.75) is 24.3 Å². The lowest BCUT2D eigenvalue weighted by atomic mass is 10.1. The molecular formula is C9H12N2O2S. The van der Waals surface area contributed by atoms with Gasteiger partial charge in [-0.15, -0.1) is 0 Å². The second-order valence-corrected chi connectivity index (χ2v) is 4.26. The predicted molar refractivity (Wildman–Crippen MR) is 54.2 cm³/mol. The van der Waals surface area contributed by atoms with Crippen LogP contribution in [0.1, 0.15) is 13.8 Å². The Hall–Kier alpha value is -1.10. The summed E-state index contributed by atoms with van der Waals surface area (Å²) in [6, 6.07) is 1.70. The van der Waals surface area contributed by atoms with Gasteiger partial charge in [0.1, 0.15) is 5.25 Å². The van der Waals surface area contributed by atoms with Crippen molar-refractivity contribution in [3.8, 4) is 0 Å². The normalized spacial score (nSPS) is 12.8. The zero-order valence-electron chi connectivity index (χ0n) is 8.04. The third kappa shape index (κ3) is 2.99. The summed E-state index contributed by atoms with van der Waals surface area (Å²) < 4.78 is 0. The highest BCUT2D eigenvalue weighted by atomic mass is 32.2. The van der Waals surface area contributed by atoms with Gasteiger partial charge in [-0.05, 0) is 12.0 Å². The molecule has 76 valence electrons. The minimum atomic E-state index is -0.822. The van der Waals surface area contributed by atoms with Crippen LogP contribution >= 0.6 is 11.8 Å². The maximum atomic E-state index is 10.9. The number of hydrogen-bond acceptors (Lipinski definition) is 4. The number of rotatable bonds is 4. The van der Waals surface area contributed by atoms with Gasteiger partial charge in [0.15, 0.2) is 5.16 Å². The standard InChI is InChI=1S/C9H12N2O2S/c1-6(2)7(8(12)13)14-9-10-4-3-5-11-9/h3-7H,1-2H3,(H,12,13)/t7-/m1/s1. The molecule has 4 nitrogen and oxygen atoms in total. The second kappa shape index (κ2) is 4.95. The number of aromatic nitrogens is 2. The second-order valence-electron chi connectivity index (χ2n) is 3.15. The Morgan fingerprint density at radius 1 is 1.43 bits per heavy atom. The van der Waals surface area contributed by atoms with Gasteiger partial charge in [-0.3, -0.25) is 4.79 Å². The maximum absolute atomic E-state index is 10.9. The SMILES string of the molecule is CC(C)[C@@H](Sc1ncccn1)C(=O)O. The van der Waals surface area contributed by atoms with E-state index in [1.54, 1.807) is 18.5 Å². The van der Waals surface area contributed by atoms with Crippen LogP contribution in [0.15, 0.2) is 23.6 Å². The van der Waals surface area contributed by atoms with Gasteiger partial charge < -0.3 is 5.11 Å². The Morgan fingerprint density at radius 3 is 2.43 bits per heavy atom. The van der Waals surface area contributed by atoms with Crippen LogP contribution in [-0.2, 0) is 4.79 Å². The van der Waals surface area contributed by atoms with Crippen LogP contribution in [0.25, 0.3) is 0 Å². The summed E-state index contributed by atoms with van der Waals surface area (Å²) in [5.74, 6) is -0.765. The minimum Gasteiger partial charge on any atom is -0.480 e. The van der Waals surface area contributed by atoms with Gasteiger partial charge in [-0.1, -0.05) is 25.6 Å². The topological polar surface area (TPSA) is 63.1 Å². The molecule has 1 heterocycles. The van der Waals surface area contributed by atoms with Crippen LogP contribution in [-0.4, -0.2) is 26.3 Å². The minimum absolute atomic E-state index is 0.0568. The molecular weight excluding hydrogens is 200 g/mol. The molecule has 0 bridgehead atoms. The number of carboxylic acid groups (broad SMARTS) is 1. The van der Waals surface area contributed by atoms with Crippen molar-refractivity contribution >= 4 is 17.7 Å². The molecule has 0 spiro atoms. The van der Waals surface area contributed by atoms with Gasteiger partial charge in [0.2, 0.25) is 0 Å². The smallest absolute Gasteiger partial charge is 0.317 e. The highest BCUT2D eigenvalue weighted by Gasteiger charge is 2.23. The summed E-state index contributed by atoms with van der Waals surface area (Å²) in [6.45, 7) is 3.74. The summed E-state index contributed by atoms with van der Waals surface area (Å²) in [5.41, 5.74) is 0. The molecule has 0 aromatic carbocycles. The molecule has 1 aromatic rings. The van der Waals surface area contributed by atoms with Crippen LogP contribution in [0, 0.1) is 5.92 Å². The van der Waals surface area contributed by atoms with E-state index in [9.17, 15) is 4.79 Å². The van der Waals surface area contributed by atoms with Crippen molar-refractivity contribution in [2.24, 2.45) is 5.92 Å². The number of aliphatic carboxylic acids is 1. The van der Waals surface area contributed by atoms with Gasteiger partial charge in [0.25, 0.3) is 0 Å². The van der Waals surface area contributed by atoms with E-state index in [-0.39, 0.29) is 5.92 Å². The Bertz CT molecular complexity index is 303. The number of carbonyl (C=O) groups is 1. The van der Waals surface area contributed by atoms with E-state index in [0.717, 1.165) is 0 Å². The first-order valence-electron chi connectivity index (χ1n) is 4.27. The average molecular weight is 212 g/mol. The summed E-state index contributed by atoms with van der Waals surface area (Å²) in [6.07, 6.45) is 3.21. The Morgan fingerprint density at radius 2 is 2.00 bits per heavy atom. The van der Waals surface area contributed by atoms with Crippen molar-refractivity contribution < 1.29 is 9.90 Å². The van der Waals surface area contributed by atoms with Gasteiger partial charge in [-0.25, -0.2) is 9.97 Å². The molecule has 1 rings (SSSR count). The van der Waals surface area contributed by atoms with Gasteiger partial charge in [0, 0.05) is 12.4 Å². The third-order valence-electron chi connectivity index (χ3n) is 1.62. The molecule has 5 heteroatoms. The maximum Gasteiger partial charge on any atom is 0.317 e. The Labute approximate surface area is 86.8 Å². The monoisotopic (exact) mass is 212 g/mol. The third-order valence-corrected chi connectivity index (χ3v) is 3.04. The number of nitrogens with zero attached hydrogens (tertiary/aromatic N) is 2. The van der Waals surface area contributed by atoms with Crippen molar-refractivity contribution in [1.29, 1.82) is 0 Å². The van der Waals surface area contributed by atoms with E-state index in [1.165, 1.54) is 11.8 Å².